The Morgan fingerprint density at radius 3 is 2.38 bits per heavy atom. The van der Waals surface area contributed by atoms with Crippen molar-refractivity contribution in [3.05, 3.63) is 107 Å². The largest absolute Gasteiger partial charge is 0.416 e. The van der Waals surface area contributed by atoms with E-state index in [9.17, 15) is 18.0 Å². The molecule has 0 aliphatic heterocycles. The number of amides is 1. The number of fused-ring (bicyclic) bond motifs is 1. The number of rotatable bonds is 13. The molecule has 0 saturated carbocycles. The van der Waals surface area contributed by atoms with Crippen molar-refractivity contribution in [1.82, 2.24) is 14.8 Å². The summed E-state index contributed by atoms with van der Waals surface area (Å²) in [4.78, 5) is 15.8. The average Bonchev–Trinajstić information content (AvgIpc) is 3.33. The van der Waals surface area contributed by atoms with Crippen LogP contribution in [-0.2, 0) is 17.5 Å². The molecule has 2 atom stereocenters. The molecule has 0 radical (unpaired) electrons. The third-order valence-corrected chi connectivity index (χ3v) is 8.09. The van der Waals surface area contributed by atoms with Gasteiger partial charge in [0, 0.05) is 42.0 Å². The Kier molecular flexibility index (Phi) is 10.5. The maximum Gasteiger partial charge on any atom is 0.416 e. The van der Waals surface area contributed by atoms with Crippen LogP contribution in [0, 0.1) is 6.92 Å². The van der Waals surface area contributed by atoms with Gasteiger partial charge in [-0.25, -0.2) is 0 Å². The SMILES string of the molecule is CCN(CC)CCC[C@H](C)NC(=O)C[C@@H](c1cccc(C(F)(F)F)c1)c1cn(Cc2ccc(C)cc2)c2ccccc12. The van der Waals surface area contributed by atoms with E-state index >= 15 is 0 Å². The first kappa shape index (κ1) is 31.4. The van der Waals surface area contributed by atoms with E-state index in [2.05, 4.69) is 52.9 Å². The fraction of sp³-hybridized carbons (Fsp3) is 0.400. The molecule has 0 fully saturated rings. The fourth-order valence-corrected chi connectivity index (χ4v) is 5.67. The molecule has 0 aliphatic rings. The van der Waals surface area contributed by atoms with Crippen molar-refractivity contribution in [2.75, 3.05) is 19.6 Å². The summed E-state index contributed by atoms with van der Waals surface area (Å²) < 4.78 is 43.3. The second-order valence-corrected chi connectivity index (χ2v) is 11.2. The monoisotopic (exact) mass is 577 g/mol. The number of halogens is 3. The molecule has 4 nitrogen and oxygen atoms in total. The zero-order valence-corrected chi connectivity index (χ0v) is 25.0. The summed E-state index contributed by atoms with van der Waals surface area (Å²) in [5, 5.41) is 4.06. The predicted molar refractivity (Wildman–Crippen MR) is 165 cm³/mol. The van der Waals surface area contributed by atoms with Gasteiger partial charge in [0.15, 0.2) is 0 Å². The number of aryl methyl sites for hydroxylation is 1. The maximum atomic E-state index is 13.7. The van der Waals surface area contributed by atoms with Crippen LogP contribution < -0.4 is 5.32 Å². The lowest BCUT2D eigenvalue weighted by Crippen LogP contribution is -2.34. The van der Waals surface area contributed by atoms with Crippen LogP contribution in [0.2, 0.25) is 0 Å². The normalized spacial score (nSPS) is 13.4. The van der Waals surface area contributed by atoms with E-state index in [1.165, 1.54) is 17.7 Å². The lowest BCUT2D eigenvalue weighted by atomic mass is 9.87. The Morgan fingerprint density at radius 2 is 1.69 bits per heavy atom. The van der Waals surface area contributed by atoms with E-state index in [1.54, 1.807) is 6.07 Å². The van der Waals surface area contributed by atoms with Crippen molar-refractivity contribution in [3.8, 4) is 0 Å². The molecule has 1 N–H and O–H groups in total. The van der Waals surface area contributed by atoms with Crippen molar-refractivity contribution < 1.29 is 18.0 Å². The van der Waals surface area contributed by atoms with E-state index in [0.29, 0.717) is 12.1 Å². The Balaban J connectivity index is 1.65. The van der Waals surface area contributed by atoms with E-state index in [4.69, 9.17) is 0 Å². The number of aromatic nitrogens is 1. The van der Waals surface area contributed by atoms with Gasteiger partial charge in [0.05, 0.1) is 5.56 Å². The van der Waals surface area contributed by atoms with E-state index in [0.717, 1.165) is 60.6 Å². The molecule has 0 unspecified atom stereocenters. The molecule has 0 spiro atoms. The van der Waals surface area contributed by atoms with Gasteiger partial charge in [-0.05, 0) is 75.1 Å². The zero-order chi connectivity index (χ0) is 30.3. The molecule has 1 amide bonds. The molecule has 3 aromatic carbocycles. The smallest absolute Gasteiger partial charge is 0.354 e. The number of hydrogen-bond acceptors (Lipinski definition) is 2. The summed E-state index contributed by atoms with van der Waals surface area (Å²) >= 11 is 0. The molecule has 7 heteroatoms. The zero-order valence-electron chi connectivity index (χ0n) is 25.0. The summed E-state index contributed by atoms with van der Waals surface area (Å²) in [6.45, 7) is 11.9. The summed E-state index contributed by atoms with van der Waals surface area (Å²) in [5.74, 6) is -0.706. The maximum absolute atomic E-state index is 13.7. The number of nitrogens with one attached hydrogen (secondary N) is 1. The second kappa shape index (κ2) is 14.1. The van der Waals surface area contributed by atoms with Gasteiger partial charge in [0.2, 0.25) is 5.91 Å². The fourth-order valence-electron chi connectivity index (χ4n) is 5.67. The van der Waals surface area contributed by atoms with Gasteiger partial charge < -0.3 is 14.8 Å². The molecule has 4 rings (SSSR count). The van der Waals surface area contributed by atoms with Gasteiger partial charge in [-0.1, -0.05) is 80.1 Å². The van der Waals surface area contributed by atoms with E-state index < -0.39 is 17.7 Å². The minimum atomic E-state index is -4.47. The number of carbonyl (C=O) groups excluding carboxylic acids is 1. The summed E-state index contributed by atoms with van der Waals surface area (Å²) in [7, 11) is 0. The first-order valence-electron chi connectivity index (χ1n) is 14.9. The number of benzene rings is 3. The van der Waals surface area contributed by atoms with Crippen LogP contribution in [0.5, 0.6) is 0 Å². The molecule has 4 aromatic rings. The van der Waals surface area contributed by atoms with Crippen molar-refractivity contribution in [2.24, 2.45) is 0 Å². The third-order valence-electron chi connectivity index (χ3n) is 8.09. The van der Waals surface area contributed by atoms with Gasteiger partial charge in [0.1, 0.15) is 0 Å². The quantitative estimate of drug-likeness (QED) is 0.174. The van der Waals surface area contributed by atoms with Crippen LogP contribution in [0.4, 0.5) is 13.2 Å². The van der Waals surface area contributed by atoms with Gasteiger partial charge in [-0.3, -0.25) is 4.79 Å². The van der Waals surface area contributed by atoms with Crippen LogP contribution in [0.3, 0.4) is 0 Å². The number of hydrogen-bond donors (Lipinski definition) is 1. The standard InChI is InChI=1S/C35H42F3N3O/c1-5-40(6-2)20-10-11-26(4)39-34(42)22-31(28-12-9-13-29(21-28)35(36,37)38)32-24-41(33-15-8-7-14-30(32)33)23-27-18-16-25(3)17-19-27/h7-9,12-19,21,24,26,31H,5-6,10-11,20,22-23H2,1-4H3,(H,39,42)/t26-,31-/m0/s1. The topological polar surface area (TPSA) is 37.3 Å². The van der Waals surface area contributed by atoms with Gasteiger partial charge in [0.25, 0.3) is 0 Å². The molecule has 1 aromatic heterocycles. The predicted octanol–water partition coefficient (Wildman–Crippen LogP) is 8.17. The summed E-state index contributed by atoms with van der Waals surface area (Å²) in [6, 6.07) is 21.6. The Morgan fingerprint density at radius 1 is 0.976 bits per heavy atom. The van der Waals surface area contributed by atoms with Gasteiger partial charge >= 0.3 is 6.18 Å². The molecule has 224 valence electrons. The first-order chi connectivity index (χ1) is 20.1. The molecule has 0 aliphatic carbocycles. The lowest BCUT2D eigenvalue weighted by Gasteiger charge is -2.22. The first-order valence-corrected chi connectivity index (χ1v) is 14.9. The molecule has 42 heavy (non-hydrogen) atoms. The van der Waals surface area contributed by atoms with Crippen LogP contribution in [-0.4, -0.2) is 41.1 Å². The minimum absolute atomic E-state index is 0.0295. The highest BCUT2D eigenvalue weighted by atomic mass is 19.4. The van der Waals surface area contributed by atoms with Crippen LogP contribution in [0.15, 0.2) is 79.0 Å². The minimum Gasteiger partial charge on any atom is -0.354 e. The molecule has 0 bridgehead atoms. The van der Waals surface area contributed by atoms with Crippen molar-refractivity contribution in [3.63, 3.8) is 0 Å². The molecular formula is C35H42F3N3O. The summed E-state index contributed by atoms with van der Waals surface area (Å²) in [5.41, 5.74) is 3.90. The highest BCUT2D eigenvalue weighted by molar-refractivity contribution is 5.87. The Labute approximate surface area is 247 Å². The van der Waals surface area contributed by atoms with Crippen LogP contribution in [0.1, 0.15) is 73.8 Å². The lowest BCUT2D eigenvalue weighted by molar-refractivity contribution is -0.137. The second-order valence-electron chi connectivity index (χ2n) is 11.2. The number of alkyl halides is 3. The highest BCUT2D eigenvalue weighted by Gasteiger charge is 2.32. The van der Waals surface area contributed by atoms with Crippen molar-refractivity contribution in [2.45, 2.75) is 71.6 Å². The third kappa shape index (κ3) is 8.03. The Bertz CT molecular complexity index is 1450. The highest BCUT2D eigenvalue weighted by Crippen LogP contribution is 2.38. The molecular weight excluding hydrogens is 535 g/mol. The van der Waals surface area contributed by atoms with Crippen molar-refractivity contribution >= 4 is 16.8 Å². The van der Waals surface area contributed by atoms with Crippen LogP contribution >= 0.6 is 0 Å². The Hall–Kier alpha value is -3.58. The van der Waals surface area contributed by atoms with Gasteiger partial charge in [-0.15, -0.1) is 0 Å². The number of nitrogens with zero attached hydrogens (tertiary/aromatic N) is 2. The van der Waals surface area contributed by atoms with Crippen molar-refractivity contribution in [1.29, 1.82) is 0 Å². The summed E-state index contributed by atoms with van der Waals surface area (Å²) in [6.07, 6.45) is -0.600. The average molecular weight is 578 g/mol. The van der Waals surface area contributed by atoms with E-state index in [-0.39, 0.29) is 18.4 Å². The van der Waals surface area contributed by atoms with Crippen LogP contribution in [0.25, 0.3) is 10.9 Å². The number of para-hydroxylation sites is 1. The van der Waals surface area contributed by atoms with E-state index in [1.807, 2.05) is 44.3 Å². The molecule has 1 heterocycles. The molecule has 0 saturated heterocycles. The van der Waals surface area contributed by atoms with Gasteiger partial charge in [-0.2, -0.15) is 13.2 Å². The number of carbonyl (C=O) groups is 1.